The number of anilines is 2. The number of nitrogen functional groups attached to an aromatic ring is 1. The van der Waals surface area contributed by atoms with E-state index in [-0.39, 0.29) is 33.9 Å². The zero-order chi connectivity index (χ0) is 35.3. The SMILES string of the molecule is Cc1cc(-c2ccc([C@@H](Oc3cc(N4CCC5(CC4)CNC(C(=O)O)C5)nc(N)n3)C(F)(F)F)c(-n3ccc(C)n3)c2)cc(C(C)(C)C)c1. The van der Waals surface area contributed by atoms with Crippen LogP contribution in [-0.2, 0) is 10.2 Å². The van der Waals surface area contributed by atoms with Crippen molar-refractivity contribution in [2.75, 3.05) is 30.3 Å². The predicted molar refractivity (Wildman–Crippen MR) is 181 cm³/mol. The number of aliphatic carboxylic acids is 1. The van der Waals surface area contributed by atoms with Gasteiger partial charge in [0.2, 0.25) is 17.9 Å². The third-order valence-electron chi connectivity index (χ3n) is 9.61. The number of alkyl halides is 3. The van der Waals surface area contributed by atoms with E-state index in [1.54, 1.807) is 31.3 Å². The monoisotopic (exact) mass is 677 g/mol. The summed E-state index contributed by atoms with van der Waals surface area (Å²) in [5, 5.41) is 17.0. The third kappa shape index (κ3) is 7.36. The first-order valence-electron chi connectivity index (χ1n) is 16.4. The van der Waals surface area contributed by atoms with Crippen molar-refractivity contribution in [3.05, 3.63) is 77.1 Å². The van der Waals surface area contributed by atoms with E-state index in [4.69, 9.17) is 10.5 Å². The van der Waals surface area contributed by atoms with Crippen LogP contribution in [0.4, 0.5) is 24.9 Å². The van der Waals surface area contributed by atoms with Crippen molar-refractivity contribution in [2.45, 2.75) is 77.6 Å². The van der Waals surface area contributed by atoms with Crippen LogP contribution in [0.15, 0.2) is 54.7 Å². The standard InChI is InChI=1S/C36H42F3N7O3/c1-21-14-24(16-25(15-21)34(3,4)5)23-6-7-26(28(17-23)46-11-8-22(2)44-46)31(36(37,38)39)49-30-18-29(42-33(40)43-30)45-12-9-35(10-13-45)19-27(32(47)48)41-20-35/h6-8,11,14-18,27,31,41H,9-10,12-13,19-20H2,1-5H3,(H,47,48)(H2,40,42,43)/t27?,31-/m1/s1. The Bertz CT molecular complexity index is 1860. The van der Waals surface area contributed by atoms with Gasteiger partial charge in [0.25, 0.3) is 0 Å². The van der Waals surface area contributed by atoms with Crippen LogP contribution in [0.2, 0.25) is 0 Å². The first kappa shape index (κ1) is 34.2. The molecule has 2 aliphatic rings. The molecule has 2 aliphatic heterocycles. The number of carboxylic acid groups (broad SMARTS) is 1. The van der Waals surface area contributed by atoms with Gasteiger partial charge in [-0.2, -0.15) is 28.2 Å². The van der Waals surface area contributed by atoms with Gasteiger partial charge in [-0.1, -0.05) is 56.7 Å². The Morgan fingerprint density at radius 3 is 2.39 bits per heavy atom. The Morgan fingerprint density at radius 1 is 1.04 bits per heavy atom. The first-order chi connectivity index (χ1) is 23.0. The van der Waals surface area contributed by atoms with E-state index < -0.39 is 24.3 Å². The lowest BCUT2D eigenvalue weighted by Crippen LogP contribution is -2.41. The molecule has 4 heterocycles. The van der Waals surface area contributed by atoms with Crippen LogP contribution in [0.5, 0.6) is 5.88 Å². The molecule has 6 rings (SSSR count). The Labute approximate surface area is 283 Å². The molecular weight excluding hydrogens is 635 g/mol. The number of halogens is 3. The van der Waals surface area contributed by atoms with E-state index >= 15 is 0 Å². The molecule has 13 heteroatoms. The molecule has 2 fully saturated rings. The second-order valence-corrected chi connectivity index (χ2v) is 14.4. The second-order valence-electron chi connectivity index (χ2n) is 14.4. The summed E-state index contributed by atoms with van der Waals surface area (Å²) in [6.45, 7) is 11.8. The van der Waals surface area contributed by atoms with E-state index in [9.17, 15) is 23.1 Å². The fourth-order valence-electron chi connectivity index (χ4n) is 6.84. The molecular formula is C36H42F3N7O3. The van der Waals surface area contributed by atoms with E-state index in [1.165, 1.54) is 16.8 Å². The van der Waals surface area contributed by atoms with Crippen molar-refractivity contribution in [3.8, 4) is 22.7 Å². The molecule has 0 saturated carbocycles. The molecule has 2 atom stereocenters. The molecule has 2 aromatic carbocycles. The summed E-state index contributed by atoms with van der Waals surface area (Å²) in [7, 11) is 0. The van der Waals surface area contributed by atoms with Crippen molar-refractivity contribution >= 4 is 17.7 Å². The Morgan fingerprint density at radius 2 is 1.78 bits per heavy atom. The number of carbonyl (C=O) groups is 1. The number of hydrogen-bond acceptors (Lipinski definition) is 8. The van der Waals surface area contributed by atoms with Crippen molar-refractivity contribution in [3.63, 3.8) is 0 Å². The minimum Gasteiger partial charge on any atom is -0.480 e. The molecule has 0 bridgehead atoms. The summed E-state index contributed by atoms with van der Waals surface area (Å²) < 4.78 is 52.1. The minimum absolute atomic E-state index is 0.122. The van der Waals surface area contributed by atoms with E-state index in [2.05, 4.69) is 53.3 Å². The number of carboxylic acids is 1. The largest absolute Gasteiger partial charge is 0.480 e. The fourth-order valence-corrected chi connectivity index (χ4v) is 6.84. The van der Waals surface area contributed by atoms with Crippen LogP contribution in [0.1, 0.15) is 68.5 Å². The van der Waals surface area contributed by atoms with Gasteiger partial charge >= 0.3 is 12.1 Å². The predicted octanol–water partition coefficient (Wildman–Crippen LogP) is 6.54. The van der Waals surface area contributed by atoms with E-state index in [0.29, 0.717) is 50.4 Å². The van der Waals surface area contributed by atoms with E-state index in [0.717, 1.165) is 22.3 Å². The number of hydrogen-bond donors (Lipinski definition) is 3. The highest BCUT2D eigenvalue weighted by molar-refractivity contribution is 5.74. The highest BCUT2D eigenvalue weighted by Crippen LogP contribution is 2.43. The highest BCUT2D eigenvalue weighted by atomic mass is 19.4. The number of rotatable bonds is 7. The molecule has 0 amide bonds. The Kier molecular flexibility index (Phi) is 8.85. The van der Waals surface area contributed by atoms with Crippen LogP contribution in [0.3, 0.4) is 0 Å². The second kappa shape index (κ2) is 12.7. The fraction of sp³-hybridized carbons (Fsp3) is 0.444. The maximum absolute atomic E-state index is 15.0. The van der Waals surface area contributed by atoms with Gasteiger partial charge in [-0.15, -0.1) is 0 Å². The molecule has 0 radical (unpaired) electrons. The molecule has 1 spiro atoms. The Hall–Kier alpha value is -4.65. The molecule has 2 saturated heterocycles. The van der Waals surface area contributed by atoms with Gasteiger partial charge in [0.15, 0.2) is 0 Å². The Balaban J connectivity index is 1.33. The smallest absolute Gasteiger partial charge is 0.429 e. The topological polar surface area (TPSA) is 131 Å². The average molecular weight is 678 g/mol. The molecule has 2 aromatic heterocycles. The number of benzene rings is 2. The lowest BCUT2D eigenvalue weighted by Gasteiger charge is -2.39. The van der Waals surface area contributed by atoms with Crippen molar-refractivity contribution in [1.82, 2.24) is 25.1 Å². The summed E-state index contributed by atoms with van der Waals surface area (Å²) in [5.41, 5.74) is 10.3. The number of aryl methyl sites for hydroxylation is 2. The molecule has 49 heavy (non-hydrogen) atoms. The first-order valence-corrected chi connectivity index (χ1v) is 16.4. The van der Waals surface area contributed by atoms with Crippen molar-refractivity contribution in [1.29, 1.82) is 0 Å². The molecule has 0 aliphatic carbocycles. The van der Waals surface area contributed by atoms with Crippen LogP contribution in [-0.4, -0.2) is 62.7 Å². The van der Waals surface area contributed by atoms with Crippen molar-refractivity contribution in [2.24, 2.45) is 5.41 Å². The summed E-state index contributed by atoms with van der Waals surface area (Å²) in [4.78, 5) is 21.8. The zero-order valence-electron chi connectivity index (χ0n) is 28.3. The minimum atomic E-state index is -4.82. The third-order valence-corrected chi connectivity index (χ3v) is 9.61. The summed E-state index contributed by atoms with van der Waals surface area (Å²) in [6, 6.07) is 13.6. The number of nitrogens with one attached hydrogen (secondary N) is 1. The normalized spacial score (nSPS) is 18.5. The van der Waals surface area contributed by atoms with Gasteiger partial charge in [0.05, 0.1) is 11.4 Å². The molecule has 260 valence electrons. The van der Waals surface area contributed by atoms with Crippen LogP contribution in [0.25, 0.3) is 16.8 Å². The highest BCUT2D eigenvalue weighted by Gasteiger charge is 2.46. The van der Waals surface area contributed by atoms with Crippen LogP contribution in [0, 0.1) is 19.3 Å². The van der Waals surface area contributed by atoms with E-state index in [1.807, 2.05) is 17.9 Å². The van der Waals surface area contributed by atoms with Gasteiger partial charge in [-0.3, -0.25) is 4.79 Å². The van der Waals surface area contributed by atoms with Crippen LogP contribution < -0.4 is 20.7 Å². The van der Waals surface area contributed by atoms with Crippen molar-refractivity contribution < 1.29 is 27.8 Å². The molecule has 1 unspecified atom stereocenters. The number of nitrogens with two attached hydrogens (primary N) is 1. The maximum Gasteiger partial charge on any atom is 0.429 e. The number of aromatic nitrogens is 4. The quantitative estimate of drug-likeness (QED) is 0.200. The molecule has 10 nitrogen and oxygen atoms in total. The molecule has 4 N–H and O–H groups in total. The average Bonchev–Trinajstić information content (AvgIpc) is 3.65. The number of nitrogens with zero attached hydrogens (tertiary/aromatic N) is 5. The number of piperidine rings is 1. The van der Waals surface area contributed by atoms with Gasteiger partial charge in [0, 0.05) is 37.5 Å². The van der Waals surface area contributed by atoms with Gasteiger partial charge < -0.3 is 25.8 Å². The summed E-state index contributed by atoms with van der Waals surface area (Å²) in [6.07, 6.45) is -3.66. The van der Waals surface area contributed by atoms with Gasteiger partial charge in [0.1, 0.15) is 11.9 Å². The van der Waals surface area contributed by atoms with Crippen LogP contribution >= 0.6 is 0 Å². The lowest BCUT2D eigenvalue weighted by molar-refractivity contribution is -0.198. The number of ether oxygens (including phenoxy) is 1. The molecule has 4 aromatic rings. The summed E-state index contributed by atoms with van der Waals surface area (Å²) in [5.74, 6) is -1.03. The summed E-state index contributed by atoms with van der Waals surface area (Å²) >= 11 is 0. The maximum atomic E-state index is 15.0. The lowest BCUT2D eigenvalue weighted by atomic mass is 9.76. The van der Waals surface area contributed by atoms with Gasteiger partial charge in [-0.05, 0) is 72.8 Å². The zero-order valence-corrected chi connectivity index (χ0v) is 28.3. The van der Waals surface area contributed by atoms with Gasteiger partial charge in [-0.25, -0.2) is 4.68 Å².